The molecule has 0 bridgehead atoms. The summed E-state index contributed by atoms with van der Waals surface area (Å²) in [6.45, 7) is 2.88. The average Bonchev–Trinajstić information content (AvgIpc) is 3.29. The zero-order valence-electron chi connectivity index (χ0n) is 14.4. The third-order valence-corrected chi connectivity index (χ3v) is 6.26. The minimum atomic E-state index is -3.02. The van der Waals surface area contributed by atoms with Gasteiger partial charge in [0.15, 0.2) is 0 Å². The Bertz CT molecular complexity index is 728. The predicted octanol–water partition coefficient (Wildman–Crippen LogP) is 3.36. The minimum Gasteiger partial charge on any atom is -0.381 e. The number of hydrogen-bond acceptors (Lipinski definition) is 5. The van der Waals surface area contributed by atoms with Crippen LogP contribution in [-0.4, -0.2) is 41.1 Å². The van der Waals surface area contributed by atoms with Gasteiger partial charge in [-0.1, -0.05) is 6.07 Å². The summed E-state index contributed by atoms with van der Waals surface area (Å²) in [5.74, 6) is -1.75. The van der Waals surface area contributed by atoms with Crippen molar-refractivity contribution in [3.63, 3.8) is 0 Å². The number of nitrogens with zero attached hydrogens (tertiary/aromatic N) is 4. The van der Waals surface area contributed by atoms with Crippen molar-refractivity contribution < 1.29 is 13.5 Å². The van der Waals surface area contributed by atoms with Gasteiger partial charge in [0.05, 0.1) is 12.6 Å². The van der Waals surface area contributed by atoms with Crippen LogP contribution in [0.15, 0.2) is 17.5 Å². The second-order valence-corrected chi connectivity index (χ2v) is 8.09. The zero-order valence-corrected chi connectivity index (χ0v) is 15.2. The van der Waals surface area contributed by atoms with Crippen molar-refractivity contribution in [2.45, 2.75) is 38.3 Å². The van der Waals surface area contributed by atoms with E-state index in [1.807, 2.05) is 17.5 Å². The molecular formula is C17H22F2N4OS. The van der Waals surface area contributed by atoms with Crippen LogP contribution in [0, 0.1) is 11.8 Å². The average molecular weight is 368 g/mol. The topological polar surface area (TPSA) is 43.2 Å². The molecule has 136 valence electrons. The third kappa shape index (κ3) is 3.06. The van der Waals surface area contributed by atoms with Crippen molar-refractivity contribution in [2.75, 3.05) is 25.1 Å². The molecule has 1 aliphatic heterocycles. The molecule has 0 N–H and O–H groups in total. The number of thiophene rings is 1. The van der Waals surface area contributed by atoms with Gasteiger partial charge >= 0.3 is 5.92 Å². The summed E-state index contributed by atoms with van der Waals surface area (Å²) in [5.41, 5.74) is 0. The summed E-state index contributed by atoms with van der Waals surface area (Å²) in [6, 6.07) is 3.88. The monoisotopic (exact) mass is 368 g/mol. The number of rotatable bonds is 5. The van der Waals surface area contributed by atoms with Crippen LogP contribution >= 0.6 is 11.3 Å². The number of alkyl halides is 2. The smallest absolute Gasteiger partial charge is 0.304 e. The number of methoxy groups -OCH3 is 1. The van der Waals surface area contributed by atoms with E-state index in [1.165, 1.54) is 0 Å². The van der Waals surface area contributed by atoms with Crippen molar-refractivity contribution in [3.05, 3.63) is 28.2 Å². The van der Waals surface area contributed by atoms with Gasteiger partial charge in [0.1, 0.15) is 0 Å². The van der Waals surface area contributed by atoms with E-state index in [-0.39, 0.29) is 11.9 Å². The molecule has 2 aliphatic rings. The quantitative estimate of drug-likeness (QED) is 0.812. The summed E-state index contributed by atoms with van der Waals surface area (Å²) in [6.07, 6.45) is 2.46. The number of ether oxygens (including phenoxy) is 1. The molecule has 0 spiro atoms. The molecule has 1 aliphatic carbocycles. The van der Waals surface area contributed by atoms with Crippen LogP contribution in [0.25, 0.3) is 0 Å². The Hall–Kier alpha value is -1.54. The maximum atomic E-state index is 14.0. The van der Waals surface area contributed by atoms with E-state index in [2.05, 4.69) is 15.1 Å². The van der Waals surface area contributed by atoms with E-state index in [0.717, 1.165) is 37.7 Å². The van der Waals surface area contributed by atoms with Crippen molar-refractivity contribution in [1.82, 2.24) is 14.8 Å². The second kappa shape index (κ2) is 6.32. The summed E-state index contributed by atoms with van der Waals surface area (Å²) in [5, 5.41) is 9.94. The van der Waals surface area contributed by atoms with E-state index in [1.54, 1.807) is 23.0 Å². The summed E-state index contributed by atoms with van der Waals surface area (Å²) in [4.78, 5) is 3.12. The van der Waals surface area contributed by atoms with Gasteiger partial charge in [-0.05, 0) is 30.2 Å². The molecule has 3 atom stereocenters. The van der Waals surface area contributed by atoms with Gasteiger partial charge in [0.25, 0.3) is 0 Å². The van der Waals surface area contributed by atoms with E-state index in [9.17, 15) is 8.78 Å². The van der Waals surface area contributed by atoms with E-state index in [0.29, 0.717) is 24.3 Å². The molecule has 25 heavy (non-hydrogen) atoms. The second-order valence-electron chi connectivity index (χ2n) is 7.06. The van der Waals surface area contributed by atoms with Crippen LogP contribution in [0.5, 0.6) is 0 Å². The Labute approximate surface area is 149 Å². The van der Waals surface area contributed by atoms with Gasteiger partial charge in [-0.2, -0.15) is 8.78 Å². The van der Waals surface area contributed by atoms with Gasteiger partial charge in [-0.25, -0.2) is 0 Å². The fraction of sp³-hybridized carbons (Fsp3) is 0.647. The number of hydrogen-bond donors (Lipinski definition) is 0. The number of aromatic nitrogens is 3. The Morgan fingerprint density at radius 1 is 1.32 bits per heavy atom. The maximum absolute atomic E-state index is 14.0. The van der Waals surface area contributed by atoms with E-state index < -0.39 is 5.92 Å². The molecule has 2 aromatic rings. The fourth-order valence-electron chi connectivity index (χ4n) is 4.23. The Morgan fingerprint density at radius 3 is 2.84 bits per heavy atom. The third-order valence-electron chi connectivity index (χ3n) is 5.39. The van der Waals surface area contributed by atoms with Gasteiger partial charge in [0.2, 0.25) is 11.8 Å². The maximum Gasteiger partial charge on any atom is 0.304 e. The first-order chi connectivity index (χ1) is 12.0. The highest BCUT2D eigenvalue weighted by Gasteiger charge is 2.45. The first-order valence-corrected chi connectivity index (χ1v) is 9.47. The molecule has 2 fully saturated rings. The Morgan fingerprint density at radius 2 is 2.16 bits per heavy atom. The molecule has 4 rings (SSSR count). The van der Waals surface area contributed by atoms with Crippen LogP contribution in [0.4, 0.5) is 14.7 Å². The highest BCUT2D eigenvalue weighted by Crippen LogP contribution is 2.41. The van der Waals surface area contributed by atoms with Crippen molar-refractivity contribution in [1.29, 1.82) is 0 Å². The van der Waals surface area contributed by atoms with Gasteiger partial charge < -0.3 is 9.64 Å². The molecule has 0 amide bonds. The SMILES string of the molecule is CO[C@@H]1CC[C@@H]2CN(c3nnc(C(C)(F)F)n3Cc3cccs3)C[C@@H]21. The van der Waals surface area contributed by atoms with E-state index >= 15 is 0 Å². The molecule has 1 saturated carbocycles. The van der Waals surface area contributed by atoms with Crippen molar-refractivity contribution in [3.8, 4) is 0 Å². The summed E-state index contributed by atoms with van der Waals surface area (Å²) < 4.78 is 35.2. The minimum absolute atomic E-state index is 0.260. The molecule has 8 heteroatoms. The molecule has 0 radical (unpaired) electrons. The highest BCUT2D eigenvalue weighted by atomic mass is 32.1. The molecule has 0 aromatic carbocycles. The standard InChI is InChI=1S/C17H22F2N4OS/c1-17(18,19)15-20-21-16(23(15)9-12-4-3-7-25-12)22-8-11-5-6-14(24-2)13(11)10-22/h3-4,7,11,13-14H,5-6,8-10H2,1-2H3/t11-,13+,14-/m1/s1. The highest BCUT2D eigenvalue weighted by molar-refractivity contribution is 7.09. The van der Waals surface area contributed by atoms with Crippen LogP contribution in [0.2, 0.25) is 0 Å². The normalized spacial score (nSPS) is 26.4. The molecule has 2 aromatic heterocycles. The lowest BCUT2D eigenvalue weighted by atomic mass is 9.99. The summed E-state index contributed by atoms with van der Waals surface area (Å²) in [7, 11) is 1.75. The lowest BCUT2D eigenvalue weighted by molar-refractivity contribution is 0.00416. The van der Waals surface area contributed by atoms with Gasteiger partial charge in [-0.3, -0.25) is 4.57 Å². The number of halogens is 2. The largest absolute Gasteiger partial charge is 0.381 e. The molecule has 0 unspecified atom stereocenters. The first-order valence-electron chi connectivity index (χ1n) is 8.59. The van der Waals surface area contributed by atoms with Crippen LogP contribution in [-0.2, 0) is 17.2 Å². The predicted molar refractivity (Wildman–Crippen MR) is 92.2 cm³/mol. The number of anilines is 1. The Kier molecular flexibility index (Phi) is 4.27. The lowest BCUT2D eigenvalue weighted by Gasteiger charge is -2.22. The fourth-order valence-corrected chi connectivity index (χ4v) is 4.92. The molecule has 5 nitrogen and oxygen atoms in total. The lowest BCUT2D eigenvalue weighted by Crippen LogP contribution is -2.28. The van der Waals surface area contributed by atoms with Crippen molar-refractivity contribution in [2.24, 2.45) is 11.8 Å². The zero-order chi connectivity index (χ0) is 17.6. The van der Waals surface area contributed by atoms with Gasteiger partial charge in [0, 0.05) is 37.9 Å². The Balaban J connectivity index is 1.65. The van der Waals surface area contributed by atoms with Crippen LogP contribution < -0.4 is 4.90 Å². The van der Waals surface area contributed by atoms with E-state index in [4.69, 9.17) is 4.74 Å². The van der Waals surface area contributed by atoms with Crippen LogP contribution in [0.1, 0.15) is 30.5 Å². The van der Waals surface area contributed by atoms with Crippen molar-refractivity contribution >= 4 is 17.3 Å². The molecule has 1 saturated heterocycles. The molecular weight excluding hydrogens is 346 g/mol. The summed E-state index contributed by atoms with van der Waals surface area (Å²) >= 11 is 1.55. The number of fused-ring (bicyclic) bond motifs is 1. The first kappa shape index (κ1) is 16.9. The van der Waals surface area contributed by atoms with Gasteiger partial charge in [-0.15, -0.1) is 21.5 Å². The van der Waals surface area contributed by atoms with Crippen LogP contribution in [0.3, 0.4) is 0 Å². The molecule has 3 heterocycles.